The molecule has 0 amide bonds. The van der Waals surface area contributed by atoms with Gasteiger partial charge in [0.05, 0.1) is 17.3 Å². The van der Waals surface area contributed by atoms with Crippen LogP contribution in [-0.4, -0.2) is 44.6 Å². The van der Waals surface area contributed by atoms with E-state index in [1.165, 1.54) is 12.2 Å². The molecule has 0 aromatic carbocycles. The van der Waals surface area contributed by atoms with Gasteiger partial charge in [-0.25, -0.2) is 4.68 Å². The highest BCUT2D eigenvalue weighted by Gasteiger charge is 2.41. The summed E-state index contributed by atoms with van der Waals surface area (Å²) in [5.41, 5.74) is 1.16. The van der Waals surface area contributed by atoms with Gasteiger partial charge >= 0.3 is 0 Å². The normalized spacial score (nSPS) is 31.1. The summed E-state index contributed by atoms with van der Waals surface area (Å²) in [5, 5.41) is 8.56. The van der Waals surface area contributed by atoms with Gasteiger partial charge < -0.3 is 4.74 Å². The van der Waals surface area contributed by atoms with Crippen LogP contribution in [0.4, 0.5) is 0 Å². The van der Waals surface area contributed by atoms with Crippen LogP contribution in [0.1, 0.15) is 37.4 Å². The molecule has 19 heavy (non-hydrogen) atoms. The van der Waals surface area contributed by atoms with Gasteiger partial charge in [0.2, 0.25) is 0 Å². The Bertz CT molecular complexity index is 420. The molecule has 2 aliphatic rings. The molecule has 0 bridgehead atoms. The number of hydrogen-bond donors (Lipinski definition) is 0. The Labute approximate surface area is 123 Å². The van der Waals surface area contributed by atoms with Gasteiger partial charge in [-0.2, -0.15) is 11.8 Å². The van der Waals surface area contributed by atoms with E-state index in [-0.39, 0.29) is 5.60 Å². The summed E-state index contributed by atoms with van der Waals surface area (Å²) >= 11 is 7.72. The van der Waals surface area contributed by atoms with E-state index >= 15 is 0 Å². The van der Waals surface area contributed by atoms with Gasteiger partial charge in [0.25, 0.3) is 0 Å². The summed E-state index contributed by atoms with van der Waals surface area (Å²) in [4.78, 5) is 0. The van der Waals surface area contributed by atoms with Crippen molar-refractivity contribution in [1.29, 1.82) is 0 Å². The van der Waals surface area contributed by atoms with Crippen LogP contribution < -0.4 is 0 Å². The van der Waals surface area contributed by atoms with Crippen molar-refractivity contribution in [3.8, 4) is 0 Å². The van der Waals surface area contributed by atoms with Gasteiger partial charge in [0, 0.05) is 24.4 Å². The fraction of sp³-hybridized carbons (Fsp3) is 0.846. The molecule has 4 nitrogen and oxygen atoms in total. The van der Waals surface area contributed by atoms with Crippen LogP contribution in [0.3, 0.4) is 0 Å². The second-order valence-electron chi connectivity index (χ2n) is 5.46. The molecule has 0 N–H and O–H groups in total. The van der Waals surface area contributed by atoms with E-state index in [1.54, 1.807) is 0 Å². The standard InChI is InChI=1S/C13H20ClN3OS/c14-5-1-2-11-9-17(16-15-11)12-3-6-18-13(8-12)4-7-19-10-13/h9,12H,1-8,10H2. The van der Waals surface area contributed by atoms with Gasteiger partial charge in [0.15, 0.2) is 0 Å². The number of rotatable bonds is 4. The maximum Gasteiger partial charge on any atom is 0.0827 e. The van der Waals surface area contributed by atoms with E-state index in [0.29, 0.717) is 11.9 Å². The maximum absolute atomic E-state index is 6.05. The van der Waals surface area contributed by atoms with Crippen molar-refractivity contribution in [3.05, 3.63) is 11.9 Å². The predicted molar refractivity (Wildman–Crippen MR) is 78.0 cm³/mol. The van der Waals surface area contributed by atoms with Crippen molar-refractivity contribution in [2.24, 2.45) is 0 Å². The van der Waals surface area contributed by atoms with Crippen LogP contribution in [-0.2, 0) is 11.2 Å². The van der Waals surface area contributed by atoms with Crippen LogP contribution in [0.15, 0.2) is 6.20 Å². The first-order valence-electron chi connectivity index (χ1n) is 7.00. The van der Waals surface area contributed by atoms with Crippen molar-refractivity contribution in [2.45, 2.75) is 43.7 Å². The third-order valence-corrected chi connectivity index (χ3v) is 5.52. The number of alkyl halides is 1. The molecular formula is C13H20ClN3OS. The highest BCUT2D eigenvalue weighted by molar-refractivity contribution is 7.99. The first-order valence-corrected chi connectivity index (χ1v) is 8.69. The van der Waals surface area contributed by atoms with E-state index in [2.05, 4.69) is 21.2 Å². The topological polar surface area (TPSA) is 39.9 Å². The van der Waals surface area contributed by atoms with Crippen molar-refractivity contribution in [1.82, 2.24) is 15.0 Å². The van der Waals surface area contributed by atoms with Crippen LogP contribution in [0.25, 0.3) is 0 Å². The number of halogens is 1. The number of thioether (sulfide) groups is 1. The molecule has 0 aliphatic carbocycles. The Morgan fingerprint density at radius 1 is 1.58 bits per heavy atom. The van der Waals surface area contributed by atoms with E-state index in [0.717, 1.165) is 43.7 Å². The highest BCUT2D eigenvalue weighted by Crippen LogP contribution is 2.41. The van der Waals surface area contributed by atoms with Crippen molar-refractivity contribution in [2.75, 3.05) is 24.0 Å². The quantitative estimate of drug-likeness (QED) is 0.802. The van der Waals surface area contributed by atoms with Crippen molar-refractivity contribution >= 4 is 23.4 Å². The molecule has 106 valence electrons. The zero-order valence-electron chi connectivity index (χ0n) is 11.1. The second kappa shape index (κ2) is 6.02. The largest absolute Gasteiger partial charge is 0.374 e. The number of aromatic nitrogens is 3. The molecule has 3 rings (SSSR count). The lowest BCUT2D eigenvalue weighted by molar-refractivity contribution is -0.0780. The molecule has 0 radical (unpaired) electrons. The first kappa shape index (κ1) is 13.7. The SMILES string of the molecule is ClCCCc1cn(C2CCOC3(CCSC3)C2)nn1. The summed E-state index contributed by atoms with van der Waals surface area (Å²) < 4.78 is 8.10. The summed E-state index contributed by atoms with van der Waals surface area (Å²) in [6, 6.07) is 0.449. The van der Waals surface area contributed by atoms with E-state index in [4.69, 9.17) is 16.3 Å². The zero-order chi connectivity index (χ0) is 13.1. The molecule has 2 aliphatic heterocycles. The van der Waals surface area contributed by atoms with Crippen molar-refractivity contribution < 1.29 is 4.74 Å². The Hall–Kier alpha value is -0.260. The molecule has 1 aromatic rings. The molecular weight excluding hydrogens is 282 g/mol. The van der Waals surface area contributed by atoms with Gasteiger partial charge in [-0.1, -0.05) is 5.21 Å². The Kier molecular flexibility index (Phi) is 4.34. The maximum atomic E-state index is 6.05. The summed E-state index contributed by atoms with van der Waals surface area (Å²) in [7, 11) is 0. The molecule has 2 atom stereocenters. The van der Waals surface area contributed by atoms with Crippen LogP contribution >= 0.6 is 23.4 Å². The minimum Gasteiger partial charge on any atom is -0.374 e. The summed E-state index contributed by atoms with van der Waals surface area (Å²) in [5.74, 6) is 3.05. The van der Waals surface area contributed by atoms with Gasteiger partial charge in [-0.05, 0) is 37.9 Å². The monoisotopic (exact) mass is 301 g/mol. The van der Waals surface area contributed by atoms with Crippen LogP contribution in [0.2, 0.25) is 0 Å². The Balaban J connectivity index is 1.66. The molecule has 1 aromatic heterocycles. The smallest absolute Gasteiger partial charge is 0.0827 e. The molecule has 2 unspecified atom stereocenters. The summed E-state index contributed by atoms with van der Waals surface area (Å²) in [6.45, 7) is 0.849. The average molecular weight is 302 g/mol. The lowest BCUT2D eigenvalue weighted by atomic mass is 9.90. The number of aryl methyl sites for hydroxylation is 1. The minimum absolute atomic E-state index is 0.107. The minimum atomic E-state index is 0.107. The number of nitrogens with zero attached hydrogens (tertiary/aromatic N) is 3. The van der Waals surface area contributed by atoms with Gasteiger partial charge in [-0.3, -0.25) is 0 Å². The highest BCUT2D eigenvalue weighted by atomic mass is 35.5. The fourth-order valence-corrected chi connectivity index (χ4v) is 4.46. The molecule has 6 heteroatoms. The van der Waals surface area contributed by atoms with Crippen LogP contribution in [0, 0.1) is 0 Å². The van der Waals surface area contributed by atoms with E-state index < -0.39 is 0 Å². The molecule has 3 heterocycles. The fourth-order valence-electron chi connectivity index (χ4n) is 2.95. The zero-order valence-corrected chi connectivity index (χ0v) is 12.6. The molecule has 2 fully saturated rings. The lowest BCUT2D eigenvalue weighted by Gasteiger charge is -2.37. The average Bonchev–Trinajstić information content (AvgIpc) is 3.06. The Morgan fingerprint density at radius 3 is 3.32 bits per heavy atom. The van der Waals surface area contributed by atoms with Gasteiger partial charge in [0.1, 0.15) is 0 Å². The first-order chi connectivity index (χ1) is 9.31. The molecule has 1 spiro atoms. The molecule has 0 saturated carbocycles. The van der Waals surface area contributed by atoms with Gasteiger partial charge in [-0.15, -0.1) is 16.7 Å². The Morgan fingerprint density at radius 2 is 2.53 bits per heavy atom. The predicted octanol–water partition coefficient (Wildman–Crippen LogP) is 2.68. The van der Waals surface area contributed by atoms with Crippen LogP contribution in [0.5, 0.6) is 0 Å². The molecule has 2 saturated heterocycles. The lowest BCUT2D eigenvalue weighted by Crippen LogP contribution is -2.40. The number of hydrogen-bond acceptors (Lipinski definition) is 4. The van der Waals surface area contributed by atoms with E-state index in [9.17, 15) is 0 Å². The third kappa shape index (κ3) is 3.09. The second-order valence-corrected chi connectivity index (χ2v) is 6.95. The number of ether oxygens (including phenoxy) is 1. The summed E-state index contributed by atoms with van der Waals surface area (Å²) in [6.07, 6.45) is 7.30. The van der Waals surface area contributed by atoms with E-state index in [1.807, 2.05) is 11.8 Å². The third-order valence-electron chi connectivity index (χ3n) is 4.03. The van der Waals surface area contributed by atoms with Crippen molar-refractivity contribution in [3.63, 3.8) is 0 Å².